The third-order valence-electron chi connectivity index (χ3n) is 4.59. The molecule has 0 fully saturated rings. The van der Waals surface area contributed by atoms with Crippen LogP contribution in [0.2, 0.25) is 0 Å². The molecule has 0 heterocycles. The summed E-state index contributed by atoms with van der Waals surface area (Å²) in [5.41, 5.74) is 0. The molecule has 0 radical (unpaired) electrons. The zero-order valence-corrected chi connectivity index (χ0v) is 21.0. The van der Waals surface area contributed by atoms with Crippen LogP contribution in [-0.4, -0.2) is 31.2 Å². The molecule has 0 aromatic heterocycles. The van der Waals surface area contributed by atoms with E-state index in [1.165, 1.54) is 64.2 Å². The molecular formula is C21H40NNaO4S. The van der Waals surface area contributed by atoms with E-state index in [0.717, 1.165) is 25.7 Å². The molecule has 1 amide bonds. The van der Waals surface area contributed by atoms with Crippen LogP contribution in [0.15, 0.2) is 12.2 Å². The number of allylic oxidation sites excluding steroid dienone is 2. The molecule has 0 rings (SSSR count). The number of rotatable bonds is 19. The smallest absolute Gasteiger partial charge is 0.748 e. The molecule has 0 aromatic carbocycles. The maximum Gasteiger partial charge on any atom is 1.00 e. The van der Waals surface area contributed by atoms with Gasteiger partial charge in [-0.2, -0.15) is 0 Å². The third-order valence-corrected chi connectivity index (χ3v) is 5.29. The number of unbranched alkanes of at least 4 members (excludes halogenated alkanes) is 12. The van der Waals surface area contributed by atoms with Crippen LogP contribution < -0.4 is 34.9 Å². The quantitative estimate of drug-likeness (QED) is 0.149. The van der Waals surface area contributed by atoms with E-state index >= 15 is 0 Å². The molecule has 0 aliphatic rings. The van der Waals surface area contributed by atoms with Crippen LogP contribution in [0, 0.1) is 0 Å². The Morgan fingerprint density at radius 1 is 0.821 bits per heavy atom. The van der Waals surface area contributed by atoms with Crippen molar-refractivity contribution in [2.24, 2.45) is 0 Å². The Labute approximate surface area is 195 Å². The maximum atomic E-state index is 11.5. The Kier molecular flexibility index (Phi) is 23.6. The van der Waals surface area contributed by atoms with E-state index in [-0.39, 0.29) is 42.0 Å². The van der Waals surface area contributed by atoms with E-state index in [9.17, 15) is 17.8 Å². The van der Waals surface area contributed by atoms with Gasteiger partial charge in [-0.3, -0.25) is 4.79 Å². The molecule has 0 aromatic rings. The van der Waals surface area contributed by atoms with Crippen LogP contribution in [0.1, 0.15) is 103 Å². The van der Waals surface area contributed by atoms with Gasteiger partial charge in [0, 0.05) is 13.0 Å². The van der Waals surface area contributed by atoms with Crippen LogP contribution in [0.4, 0.5) is 0 Å². The van der Waals surface area contributed by atoms with Crippen molar-refractivity contribution in [3.8, 4) is 0 Å². The average molecular weight is 426 g/mol. The predicted molar refractivity (Wildman–Crippen MR) is 112 cm³/mol. The van der Waals surface area contributed by atoms with Gasteiger partial charge in [0.1, 0.15) is 0 Å². The summed E-state index contributed by atoms with van der Waals surface area (Å²) in [5, 5.41) is 2.46. The summed E-state index contributed by atoms with van der Waals surface area (Å²) in [6, 6.07) is 0. The van der Waals surface area contributed by atoms with E-state index in [1.807, 2.05) is 0 Å². The minimum atomic E-state index is -4.24. The molecule has 0 atom stereocenters. The van der Waals surface area contributed by atoms with Gasteiger partial charge in [-0.1, -0.05) is 76.9 Å². The molecule has 28 heavy (non-hydrogen) atoms. The first-order chi connectivity index (χ1) is 13.0. The molecule has 0 aliphatic heterocycles. The molecule has 0 aliphatic carbocycles. The Hall–Kier alpha value is 0.120. The summed E-state index contributed by atoms with van der Waals surface area (Å²) >= 11 is 0. The zero-order valence-electron chi connectivity index (χ0n) is 18.2. The zero-order chi connectivity index (χ0) is 20.2. The normalized spacial score (nSPS) is 11.5. The molecule has 0 spiro atoms. The summed E-state index contributed by atoms with van der Waals surface area (Å²) in [5.74, 6) is -0.711. The van der Waals surface area contributed by atoms with Gasteiger partial charge in [0.15, 0.2) is 0 Å². The van der Waals surface area contributed by atoms with E-state index in [2.05, 4.69) is 24.4 Å². The van der Waals surface area contributed by atoms with Crippen LogP contribution in [-0.2, 0) is 14.9 Å². The molecular weight excluding hydrogens is 385 g/mol. The number of nitrogens with one attached hydrogen (secondary N) is 1. The van der Waals surface area contributed by atoms with Crippen LogP contribution >= 0.6 is 0 Å². The second kappa shape index (κ2) is 21.8. The third kappa shape index (κ3) is 26.1. The van der Waals surface area contributed by atoms with Gasteiger partial charge in [-0.05, 0) is 32.1 Å². The van der Waals surface area contributed by atoms with Gasteiger partial charge in [-0.25, -0.2) is 8.42 Å². The molecule has 7 heteroatoms. The largest absolute Gasteiger partial charge is 1.00 e. The molecule has 0 bridgehead atoms. The summed E-state index contributed by atoms with van der Waals surface area (Å²) in [6.45, 7) is 2.16. The fraction of sp³-hybridized carbons (Fsp3) is 0.857. The Bertz CT molecular complexity index is 481. The first kappa shape index (κ1) is 30.3. The monoisotopic (exact) mass is 425 g/mol. The Balaban J connectivity index is 0. The standard InChI is InChI=1S/C21H41NO4S.Na/c1-2-3-4-5-6-7-8-9-10-11-12-13-14-15-16-17-18-21(23)22-19-20-27(24,25)26;/h10-11H,2-9,12-20H2,1H3,(H,22,23)(H,24,25,26);/q;+1/p-1/b11-10-;. The topological polar surface area (TPSA) is 86.3 Å². The molecule has 0 saturated carbocycles. The van der Waals surface area contributed by atoms with Gasteiger partial charge in [0.25, 0.3) is 0 Å². The van der Waals surface area contributed by atoms with Crippen molar-refractivity contribution < 1.29 is 47.3 Å². The average Bonchev–Trinajstić information content (AvgIpc) is 2.60. The van der Waals surface area contributed by atoms with Crippen molar-refractivity contribution in [3.63, 3.8) is 0 Å². The number of carbonyl (C=O) groups excluding carboxylic acids is 1. The van der Waals surface area contributed by atoms with E-state index in [4.69, 9.17) is 0 Å². The van der Waals surface area contributed by atoms with Gasteiger partial charge in [-0.15, -0.1) is 0 Å². The van der Waals surface area contributed by atoms with Gasteiger partial charge in [0.05, 0.1) is 15.9 Å². The minimum Gasteiger partial charge on any atom is -0.748 e. The van der Waals surface area contributed by atoms with Crippen molar-refractivity contribution in [2.45, 2.75) is 103 Å². The first-order valence-corrected chi connectivity index (χ1v) is 12.4. The summed E-state index contributed by atoms with van der Waals surface area (Å²) < 4.78 is 31.3. The van der Waals surface area contributed by atoms with Crippen molar-refractivity contribution in [1.82, 2.24) is 5.32 Å². The van der Waals surface area contributed by atoms with E-state index < -0.39 is 15.9 Å². The van der Waals surface area contributed by atoms with Gasteiger partial charge in [0.2, 0.25) is 5.91 Å². The maximum absolute atomic E-state index is 11.5. The molecule has 1 N–H and O–H groups in total. The van der Waals surface area contributed by atoms with Crippen molar-refractivity contribution in [1.29, 1.82) is 0 Å². The summed E-state index contributed by atoms with van der Waals surface area (Å²) in [6.07, 6.45) is 22.2. The summed E-state index contributed by atoms with van der Waals surface area (Å²) in [7, 11) is -4.24. The van der Waals surface area contributed by atoms with Crippen LogP contribution in [0.3, 0.4) is 0 Å². The number of amides is 1. The SMILES string of the molecule is CCCCCCCCC/C=C\CCCCCCCC(=O)NCCS(=O)(=O)[O-].[Na+]. The van der Waals surface area contributed by atoms with Crippen molar-refractivity contribution in [3.05, 3.63) is 12.2 Å². The Morgan fingerprint density at radius 2 is 1.29 bits per heavy atom. The van der Waals surface area contributed by atoms with Gasteiger partial charge >= 0.3 is 29.6 Å². The van der Waals surface area contributed by atoms with Crippen LogP contribution in [0.5, 0.6) is 0 Å². The van der Waals surface area contributed by atoms with E-state index in [0.29, 0.717) is 6.42 Å². The first-order valence-electron chi connectivity index (χ1n) is 10.8. The second-order valence-corrected chi connectivity index (χ2v) is 8.82. The summed E-state index contributed by atoms with van der Waals surface area (Å²) in [4.78, 5) is 11.5. The molecule has 0 saturated heterocycles. The fourth-order valence-corrected chi connectivity index (χ4v) is 3.29. The number of hydrogen-bond acceptors (Lipinski definition) is 4. The van der Waals surface area contributed by atoms with Gasteiger partial charge < -0.3 is 9.87 Å². The predicted octanol–water partition coefficient (Wildman–Crippen LogP) is 2.08. The molecule has 160 valence electrons. The van der Waals surface area contributed by atoms with Crippen LogP contribution in [0.25, 0.3) is 0 Å². The Morgan fingerprint density at radius 3 is 1.79 bits per heavy atom. The van der Waals surface area contributed by atoms with E-state index in [1.54, 1.807) is 0 Å². The number of carbonyl (C=O) groups is 1. The minimum absolute atomic E-state index is 0. The molecule has 0 unspecified atom stereocenters. The second-order valence-electron chi connectivity index (χ2n) is 7.30. The van der Waals surface area contributed by atoms with Crippen molar-refractivity contribution in [2.75, 3.05) is 12.3 Å². The fourth-order valence-electron chi connectivity index (χ4n) is 2.94. The number of hydrogen-bond donors (Lipinski definition) is 1. The molecule has 5 nitrogen and oxygen atoms in total. The van der Waals surface area contributed by atoms with Crippen molar-refractivity contribution >= 4 is 16.0 Å².